The second-order valence-electron chi connectivity index (χ2n) is 4.40. The van der Waals surface area contributed by atoms with Crippen molar-refractivity contribution in [2.45, 2.75) is 32.2 Å². The number of carboxylic acid groups (broad SMARTS) is 1. The van der Waals surface area contributed by atoms with Crippen LogP contribution in [0.4, 0.5) is 0 Å². The number of hydrogen-bond donors (Lipinski definition) is 3. The molecule has 0 radical (unpaired) electrons. The maximum absolute atomic E-state index is 10.3. The van der Waals surface area contributed by atoms with Gasteiger partial charge in [0.1, 0.15) is 12.3 Å². The molecular formula is C15H22N2O4. The van der Waals surface area contributed by atoms with Gasteiger partial charge >= 0.3 is 5.97 Å². The van der Waals surface area contributed by atoms with Crippen molar-refractivity contribution in [1.82, 2.24) is 5.32 Å². The second kappa shape index (κ2) is 10.6. The van der Waals surface area contributed by atoms with Gasteiger partial charge in [-0.05, 0) is 25.5 Å². The third-order valence-electron chi connectivity index (χ3n) is 2.85. The topological polar surface area (TPSA) is 109 Å². The molecule has 1 aromatic carbocycles. The summed E-state index contributed by atoms with van der Waals surface area (Å²) >= 11 is 0. The molecule has 1 amide bonds. The van der Waals surface area contributed by atoms with Gasteiger partial charge in [-0.3, -0.25) is 14.4 Å². The summed E-state index contributed by atoms with van der Waals surface area (Å²) in [7, 11) is 1.53. The molecule has 0 fully saturated rings. The Morgan fingerprint density at radius 2 is 1.90 bits per heavy atom. The fraction of sp³-hybridized carbons (Fsp3) is 0.400. The Hall–Kier alpha value is -2.21. The molecular weight excluding hydrogens is 272 g/mol. The Kier molecular flexibility index (Phi) is 9.45. The van der Waals surface area contributed by atoms with Crippen LogP contribution in [0.3, 0.4) is 0 Å². The zero-order chi connectivity index (χ0) is 16.3. The van der Waals surface area contributed by atoms with Crippen molar-refractivity contribution in [3.05, 3.63) is 35.4 Å². The van der Waals surface area contributed by atoms with Crippen LogP contribution in [0.5, 0.6) is 0 Å². The minimum Gasteiger partial charge on any atom is -0.480 e. The maximum atomic E-state index is 10.3. The highest BCUT2D eigenvalue weighted by atomic mass is 16.4. The molecule has 0 aliphatic rings. The van der Waals surface area contributed by atoms with Crippen LogP contribution < -0.4 is 11.1 Å². The third kappa shape index (κ3) is 8.54. The number of primary amides is 1. The molecule has 6 heteroatoms. The lowest BCUT2D eigenvalue weighted by Crippen LogP contribution is -2.34. The van der Waals surface area contributed by atoms with E-state index in [-0.39, 0.29) is 12.8 Å². The number of likely N-dealkylation sites (N-methyl/N-ethyl adjacent to an activating group) is 1. The molecule has 0 spiro atoms. The summed E-state index contributed by atoms with van der Waals surface area (Å²) < 4.78 is 0. The van der Waals surface area contributed by atoms with Gasteiger partial charge in [-0.25, -0.2) is 0 Å². The van der Waals surface area contributed by atoms with Crippen molar-refractivity contribution >= 4 is 18.2 Å². The largest absolute Gasteiger partial charge is 0.480 e. The first kappa shape index (κ1) is 18.8. The number of aldehydes is 1. The summed E-state index contributed by atoms with van der Waals surface area (Å²) in [6.45, 7) is 2.09. The number of nitrogens with one attached hydrogen (secondary N) is 1. The quantitative estimate of drug-likeness (QED) is 0.650. The number of hydrogen-bond acceptors (Lipinski definition) is 4. The average Bonchev–Trinajstić information content (AvgIpc) is 2.48. The van der Waals surface area contributed by atoms with Gasteiger partial charge in [0, 0.05) is 12.0 Å². The number of amides is 1. The van der Waals surface area contributed by atoms with E-state index < -0.39 is 17.9 Å². The summed E-state index contributed by atoms with van der Waals surface area (Å²) in [5, 5.41) is 11.0. The van der Waals surface area contributed by atoms with Crippen molar-refractivity contribution in [1.29, 1.82) is 0 Å². The Morgan fingerprint density at radius 3 is 2.24 bits per heavy atom. The van der Waals surface area contributed by atoms with E-state index in [1.807, 2.05) is 24.3 Å². The van der Waals surface area contributed by atoms with E-state index in [0.717, 1.165) is 18.3 Å². The van der Waals surface area contributed by atoms with Crippen LogP contribution >= 0.6 is 0 Å². The van der Waals surface area contributed by atoms with Gasteiger partial charge in [-0.2, -0.15) is 0 Å². The first-order valence-electron chi connectivity index (χ1n) is 6.67. The lowest BCUT2D eigenvalue weighted by atomic mass is 10.1. The number of carboxylic acids is 1. The number of benzene rings is 1. The van der Waals surface area contributed by atoms with Crippen LogP contribution in [0.2, 0.25) is 0 Å². The number of rotatable bonds is 7. The van der Waals surface area contributed by atoms with Crippen molar-refractivity contribution in [2.24, 2.45) is 5.73 Å². The first-order valence-corrected chi connectivity index (χ1v) is 6.67. The molecule has 0 aromatic heterocycles. The molecule has 21 heavy (non-hydrogen) atoms. The molecule has 0 saturated heterocycles. The monoisotopic (exact) mass is 294 g/mol. The highest BCUT2D eigenvalue weighted by Crippen LogP contribution is 2.02. The van der Waals surface area contributed by atoms with Crippen LogP contribution in [0.1, 0.15) is 35.7 Å². The highest BCUT2D eigenvalue weighted by molar-refractivity contribution is 5.77. The number of nitrogens with two attached hydrogens (primary N) is 1. The van der Waals surface area contributed by atoms with Crippen molar-refractivity contribution < 1.29 is 19.5 Å². The number of aryl methyl sites for hydroxylation is 1. The molecule has 1 unspecified atom stereocenters. The van der Waals surface area contributed by atoms with E-state index >= 15 is 0 Å². The highest BCUT2D eigenvalue weighted by Gasteiger charge is 2.14. The molecule has 6 nitrogen and oxygen atoms in total. The van der Waals surface area contributed by atoms with E-state index in [4.69, 9.17) is 10.8 Å². The maximum Gasteiger partial charge on any atom is 0.320 e. The van der Waals surface area contributed by atoms with Crippen molar-refractivity contribution in [3.63, 3.8) is 0 Å². The van der Waals surface area contributed by atoms with E-state index in [1.54, 1.807) is 0 Å². The average molecular weight is 294 g/mol. The van der Waals surface area contributed by atoms with E-state index in [1.165, 1.54) is 12.6 Å². The molecule has 0 aliphatic carbocycles. The van der Waals surface area contributed by atoms with Gasteiger partial charge < -0.3 is 16.2 Å². The Balaban J connectivity index is 0.000000382. The number of carbonyl (C=O) groups excluding carboxylic acids is 2. The second-order valence-corrected chi connectivity index (χ2v) is 4.40. The van der Waals surface area contributed by atoms with Gasteiger partial charge in [0.2, 0.25) is 5.91 Å². The molecule has 0 bridgehead atoms. The Labute approximate surface area is 124 Å². The lowest BCUT2D eigenvalue weighted by Gasteiger charge is -2.08. The SMILES string of the molecule is CCc1ccc(C=O)cc1.CNC(CCC(N)=O)C(=O)O. The van der Waals surface area contributed by atoms with Gasteiger partial charge in [0.25, 0.3) is 0 Å². The number of carbonyl (C=O) groups is 3. The lowest BCUT2D eigenvalue weighted by molar-refractivity contribution is -0.139. The van der Waals surface area contributed by atoms with Gasteiger partial charge in [-0.15, -0.1) is 0 Å². The minimum atomic E-state index is -0.964. The van der Waals surface area contributed by atoms with Crippen LogP contribution in [-0.2, 0) is 16.0 Å². The summed E-state index contributed by atoms with van der Waals surface area (Å²) in [6, 6.07) is 6.95. The van der Waals surface area contributed by atoms with Crippen molar-refractivity contribution in [3.8, 4) is 0 Å². The Morgan fingerprint density at radius 1 is 1.33 bits per heavy atom. The summed E-state index contributed by atoms with van der Waals surface area (Å²) in [5.74, 6) is -1.44. The van der Waals surface area contributed by atoms with Crippen LogP contribution in [0, 0.1) is 0 Å². The normalized spacial score (nSPS) is 11.0. The molecule has 0 aliphatic heterocycles. The minimum absolute atomic E-state index is 0.0950. The zero-order valence-corrected chi connectivity index (χ0v) is 12.3. The van der Waals surface area contributed by atoms with Crippen LogP contribution in [-0.4, -0.2) is 36.4 Å². The molecule has 0 heterocycles. The molecule has 1 aromatic rings. The summed E-state index contributed by atoms with van der Waals surface area (Å²) in [5.41, 5.74) is 6.85. The third-order valence-corrected chi connectivity index (χ3v) is 2.85. The predicted octanol–water partition coefficient (Wildman–Crippen LogP) is 0.986. The van der Waals surface area contributed by atoms with Gasteiger partial charge in [-0.1, -0.05) is 31.2 Å². The summed E-state index contributed by atoms with van der Waals surface area (Å²) in [4.78, 5) is 30.8. The van der Waals surface area contributed by atoms with Crippen LogP contribution in [0.15, 0.2) is 24.3 Å². The molecule has 4 N–H and O–H groups in total. The smallest absolute Gasteiger partial charge is 0.320 e. The molecule has 1 atom stereocenters. The molecule has 116 valence electrons. The molecule has 0 saturated carbocycles. The molecule has 1 rings (SSSR count). The Bertz CT molecular complexity index is 457. The summed E-state index contributed by atoms with van der Waals surface area (Å²) in [6.07, 6.45) is 2.22. The predicted molar refractivity (Wildman–Crippen MR) is 80.1 cm³/mol. The zero-order valence-electron chi connectivity index (χ0n) is 12.3. The number of aliphatic carboxylic acids is 1. The van der Waals surface area contributed by atoms with E-state index in [2.05, 4.69) is 12.2 Å². The van der Waals surface area contributed by atoms with E-state index in [0.29, 0.717) is 0 Å². The van der Waals surface area contributed by atoms with Gasteiger partial charge in [0.15, 0.2) is 0 Å². The standard InChI is InChI=1S/C9H10O.C6H12N2O3/c1-2-8-3-5-9(7-10)6-4-8;1-8-4(6(10)11)2-3-5(7)9/h3-7H,2H2,1H3;4,8H,2-3H2,1H3,(H2,7,9)(H,10,11). The van der Waals surface area contributed by atoms with Gasteiger partial charge in [0.05, 0.1) is 0 Å². The van der Waals surface area contributed by atoms with Crippen LogP contribution in [0.25, 0.3) is 0 Å². The fourth-order valence-electron chi connectivity index (χ4n) is 1.51. The first-order chi connectivity index (χ1) is 9.94. The van der Waals surface area contributed by atoms with Crippen molar-refractivity contribution in [2.75, 3.05) is 7.05 Å². The fourth-order valence-corrected chi connectivity index (χ4v) is 1.51. The van der Waals surface area contributed by atoms with E-state index in [9.17, 15) is 14.4 Å².